The minimum atomic E-state index is -1.05. The van der Waals surface area contributed by atoms with Gasteiger partial charge in [0.2, 0.25) is 0 Å². The number of benzene rings is 2. The van der Waals surface area contributed by atoms with Crippen LogP contribution in [0.5, 0.6) is 0 Å². The molecule has 2 aromatic carbocycles. The molecular formula is C19H19ClN2O4S. The summed E-state index contributed by atoms with van der Waals surface area (Å²) in [6.45, 7) is 3.12. The van der Waals surface area contributed by atoms with E-state index in [0.717, 1.165) is 4.90 Å². The van der Waals surface area contributed by atoms with E-state index in [1.54, 1.807) is 61.5 Å². The largest absolute Gasteiger partial charge is 0.452 e. The predicted molar refractivity (Wildman–Crippen MR) is 104 cm³/mol. The Morgan fingerprint density at radius 3 is 2.22 bits per heavy atom. The van der Waals surface area contributed by atoms with Crippen LogP contribution in [0, 0.1) is 0 Å². The van der Waals surface area contributed by atoms with Gasteiger partial charge in [-0.3, -0.25) is 25.2 Å². The molecule has 0 aliphatic carbocycles. The quantitative estimate of drug-likeness (QED) is 0.437. The number of halogens is 1. The van der Waals surface area contributed by atoms with Crippen LogP contribution in [0.1, 0.15) is 24.2 Å². The molecule has 2 N–H and O–H groups in total. The van der Waals surface area contributed by atoms with Crippen LogP contribution in [0.15, 0.2) is 59.5 Å². The van der Waals surface area contributed by atoms with Crippen molar-refractivity contribution in [1.29, 1.82) is 0 Å². The first-order valence-corrected chi connectivity index (χ1v) is 9.40. The SMILES string of the molecule is C[C@H](OC(=O)[C@H](C)Sc1ccc(Cl)cc1)C(=O)NNC(=O)c1ccccc1. The van der Waals surface area contributed by atoms with Crippen molar-refractivity contribution in [2.45, 2.75) is 30.1 Å². The lowest BCUT2D eigenvalue weighted by molar-refractivity contribution is -0.154. The second-order valence-electron chi connectivity index (χ2n) is 5.60. The Balaban J connectivity index is 1.79. The molecule has 0 heterocycles. The van der Waals surface area contributed by atoms with Crippen LogP contribution in [0.4, 0.5) is 0 Å². The third-order valence-corrected chi connectivity index (χ3v) is 4.80. The maximum Gasteiger partial charge on any atom is 0.319 e. The van der Waals surface area contributed by atoms with E-state index in [-0.39, 0.29) is 0 Å². The molecule has 0 unspecified atom stereocenters. The zero-order valence-electron chi connectivity index (χ0n) is 14.8. The predicted octanol–water partition coefficient (Wildman–Crippen LogP) is 3.21. The van der Waals surface area contributed by atoms with Crippen LogP contribution in [-0.2, 0) is 14.3 Å². The Hall–Kier alpha value is -2.51. The number of esters is 1. The minimum Gasteiger partial charge on any atom is -0.452 e. The zero-order chi connectivity index (χ0) is 19.8. The molecule has 0 aliphatic heterocycles. The van der Waals surface area contributed by atoms with Crippen molar-refractivity contribution < 1.29 is 19.1 Å². The van der Waals surface area contributed by atoms with E-state index in [0.29, 0.717) is 10.6 Å². The van der Waals surface area contributed by atoms with E-state index in [1.807, 2.05) is 0 Å². The molecule has 2 amide bonds. The molecule has 2 aromatic rings. The van der Waals surface area contributed by atoms with Gasteiger partial charge in [0.25, 0.3) is 11.8 Å². The number of hydrogen-bond acceptors (Lipinski definition) is 5. The molecule has 8 heteroatoms. The molecule has 2 rings (SSSR count). The molecule has 142 valence electrons. The van der Waals surface area contributed by atoms with Gasteiger partial charge in [-0.25, -0.2) is 0 Å². The second-order valence-corrected chi connectivity index (χ2v) is 7.45. The molecule has 0 bridgehead atoms. The molecular weight excluding hydrogens is 388 g/mol. The first-order valence-electron chi connectivity index (χ1n) is 8.15. The van der Waals surface area contributed by atoms with Crippen molar-refractivity contribution in [3.05, 3.63) is 65.2 Å². The monoisotopic (exact) mass is 406 g/mol. The Morgan fingerprint density at radius 2 is 1.59 bits per heavy atom. The van der Waals surface area contributed by atoms with E-state index in [9.17, 15) is 14.4 Å². The van der Waals surface area contributed by atoms with Gasteiger partial charge in [-0.1, -0.05) is 29.8 Å². The van der Waals surface area contributed by atoms with Crippen molar-refractivity contribution in [1.82, 2.24) is 10.9 Å². The fourth-order valence-electron chi connectivity index (χ4n) is 1.97. The van der Waals surface area contributed by atoms with Gasteiger partial charge in [-0.05, 0) is 50.2 Å². The topological polar surface area (TPSA) is 84.5 Å². The summed E-state index contributed by atoms with van der Waals surface area (Å²) in [6.07, 6.45) is -1.05. The zero-order valence-corrected chi connectivity index (χ0v) is 16.3. The minimum absolute atomic E-state index is 0.399. The highest BCUT2D eigenvalue weighted by Crippen LogP contribution is 2.25. The summed E-state index contributed by atoms with van der Waals surface area (Å²) >= 11 is 7.13. The Morgan fingerprint density at radius 1 is 0.963 bits per heavy atom. The van der Waals surface area contributed by atoms with Gasteiger partial charge in [0.1, 0.15) is 5.25 Å². The summed E-state index contributed by atoms with van der Waals surface area (Å²) in [6, 6.07) is 15.5. The number of carbonyl (C=O) groups excluding carboxylic acids is 3. The van der Waals surface area contributed by atoms with Crippen LogP contribution in [-0.4, -0.2) is 29.1 Å². The number of hydrazine groups is 1. The van der Waals surface area contributed by atoms with Gasteiger partial charge >= 0.3 is 5.97 Å². The first kappa shape index (κ1) is 20.8. The highest BCUT2D eigenvalue weighted by Gasteiger charge is 2.23. The average Bonchev–Trinajstić information content (AvgIpc) is 2.68. The number of rotatable bonds is 6. The van der Waals surface area contributed by atoms with E-state index in [4.69, 9.17) is 16.3 Å². The van der Waals surface area contributed by atoms with Crippen molar-refractivity contribution in [3.63, 3.8) is 0 Å². The first-order chi connectivity index (χ1) is 12.9. The lowest BCUT2D eigenvalue weighted by Gasteiger charge is -2.16. The van der Waals surface area contributed by atoms with Gasteiger partial charge in [-0.2, -0.15) is 0 Å². The number of amides is 2. The van der Waals surface area contributed by atoms with E-state index >= 15 is 0 Å². The lowest BCUT2D eigenvalue weighted by Crippen LogP contribution is -2.47. The van der Waals surface area contributed by atoms with Gasteiger partial charge < -0.3 is 4.74 Å². The standard InChI is InChI=1S/C19H19ClN2O4S/c1-12(17(23)21-22-18(24)14-6-4-3-5-7-14)26-19(25)13(2)27-16-10-8-15(20)9-11-16/h3-13H,1-2H3,(H,21,23)(H,22,24)/t12-,13-/m0/s1. The maximum absolute atomic E-state index is 12.2. The molecule has 0 saturated carbocycles. The summed E-state index contributed by atoms with van der Waals surface area (Å²) in [7, 11) is 0. The summed E-state index contributed by atoms with van der Waals surface area (Å²) in [4.78, 5) is 36.9. The van der Waals surface area contributed by atoms with Gasteiger partial charge in [0, 0.05) is 15.5 Å². The summed E-state index contributed by atoms with van der Waals surface area (Å²) < 4.78 is 5.16. The number of nitrogens with one attached hydrogen (secondary N) is 2. The summed E-state index contributed by atoms with van der Waals surface area (Å²) in [5.74, 6) is -1.63. The van der Waals surface area contributed by atoms with Gasteiger partial charge in [-0.15, -0.1) is 11.8 Å². The van der Waals surface area contributed by atoms with Gasteiger partial charge in [0.15, 0.2) is 6.10 Å². The Kier molecular flexibility index (Phi) is 7.69. The third kappa shape index (κ3) is 6.62. The van der Waals surface area contributed by atoms with Crippen LogP contribution in [0.2, 0.25) is 5.02 Å². The summed E-state index contributed by atoms with van der Waals surface area (Å²) in [5.41, 5.74) is 4.92. The second kappa shape index (κ2) is 9.99. The number of thioether (sulfide) groups is 1. The Labute approximate surface area is 166 Å². The molecule has 0 aliphatic rings. The molecule has 2 atom stereocenters. The average molecular weight is 407 g/mol. The highest BCUT2D eigenvalue weighted by atomic mass is 35.5. The van der Waals surface area contributed by atoms with E-state index in [1.165, 1.54) is 18.7 Å². The van der Waals surface area contributed by atoms with Crippen molar-refractivity contribution in [3.8, 4) is 0 Å². The third-order valence-electron chi connectivity index (χ3n) is 3.46. The highest BCUT2D eigenvalue weighted by molar-refractivity contribution is 8.00. The normalized spacial score (nSPS) is 12.6. The maximum atomic E-state index is 12.2. The van der Waals surface area contributed by atoms with Crippen molar-refractivity contribution in [2.75, 3.05) is 0 Å². The van der Waals surface area contributed by atoms with Crippen LogP contribution in [0.25, 0.3) is 0 Å². The van der Waals surface area contributed by atoms with Gasteiger partial charge in [0.05, 0.1) is 0 Å². The smallest absolute Gasteiger partial charge is 0.319 e. The molecule has 0 saturated heterocycles. The lowest BCUT2D eigenvalue weighted by atomic mass is 10.2. The molecule has 0 aromatic heterocycles. The molecule has 0 spiro atoms. The molecule has 27 heavy (non-hydrogen) atoms. The van der Waals surface area contributed by atoms with Crippen LogP contribution >= 0.6 is 23.4 Å². The fraction of sp³-hybridized carbons (Fsp3) is 0.211. The van der Waals surface area contributed by atoms with Crippen molar-refractivity contribution in [2.24, 2.45) is 0 Å². The van der Waals surface area contributed by atoms with Crippen molar-refractivity contribution >= 4 is 41.1 Å². The molecule has 0 fully saturated rings. The molecule has 0 radical (unpaired) electrons. The molecule has 6 nitrogen and oxygen atoms in total. The summed E-state index contributed by atoms with van der Waals surface area (Å²) in [5, 5.41) is 0.0951. The van der Waals surface area contributed by atoms with Crippen LogP contribution in [0.3, 0.4) is 0 Å². The Bertz CT molecular complexity index is 799. The fourth-order valence-corrected chi connectivity index (χ4v) is 2.95. The number of carbonyl (C=O) groups is 3. The van der Waals surface area contributed by atoms with Crippen LogP contribution < -0.4 is 10.9 Å². The number of hydrogen-bond donors (Lipinski definition) is 2. The van der Waals surface area contributed by atoms with E-state index in [2.05, 4.69) is 10.9 Å². The van der Waals surface area contributed by atoms with E-state index < -0.39 is 29.1 Å². The number of ether oxygens (including phenoxy) is 1.